The number of fused-ring (bicyclic) bond motifs is 1. The van der Waals surface area contributed by atoms with Gasteiger partial charge in [-0.1, -0.05) is 35.9 Å². The molecule has 2 aromatic rings. The van der Waals surface area contributed by atoms with Gasteiger partial charge < -0.3 is 0 Å². The van der Waals surface area contributed by atoms with Gasteiger partial charge in [-0.3, -0.25) is 4.79 Å². The minimum Gasteiger partial charge on any atom is -0.293 e. The summed E-state index contributed by atoms with van der Waals surface area (Å²) in [4.78, 5) is 13.0. The molecule has 0 spiro atoms. The Balaban J connectivity index is 1.91. The van der Waals surface area contributed by atoms with E-state index in [2.05, 4.69) is 22.0 Å². The van der Waals surface area contributed by atoms with Crippen LogP contribution < -0.4 is 0 Å². The minimum absolute atomic E-state index is 0.0211. The maximum absolute atomic E-state index is 12.3. The first-order valence-electron chi connectivity index (χ1n) is 5.23. The van der Waals surface area contributed by atoms with E-state index < -0.39 is 0 Å². The molecule has 0 saturated carbocycles. The van der Waals surface area contributed by atoms with Gasteiger partial charge in [0.1, 0.15) is 0 Å². The van der Waals surface area contributed by atoms with Crippen molar-refractivity contribution in [2.24, 2.45) is 0 Å². The fraction of sp³-hybridized carbons (Fsp3) is 0.154. The lowest BCUT2D eigenvalue weighted by Gasteiger charge is -2.28. The van der Waals surface area contributed by atoms with Crippen molar-refractivity contribution >= 4 is 44.7 Å². The van der Waals surface area contributed by atoms with Crippen molar-refractivity contribution in [3.05, 3.63) is 55.1 Å². The van der Waals surface area contributed by atoms with Crippen molar-refractivity contribution in [1.29, 1.82) is 0 Å². The second-order valence-corrected chi connectivity index (χ2v) is 6.83. The lowest BCUT2D eigenvalue weighted by molar-refractivity contribution is 0.0953. The SMILES string of the molecule is O=C(c1cc(Cl)c(Br)s1)C1Cc2ccccc21. The van der Waals surface area contributed by atoms with E-state index in [0.717, 1.165) is 20.6 Å². The van der Waals surface area contributed by atoms with E-state index in [4.69, 9.17) is 11.6 Å². The molecule has 1 aliphatic rings. The normalized spacial score (nSPS) is 17.4. The van der Waals surface area contributed by atoms with Gasteiger partial charge in [-0.05, 0) is 39.5 Å². The maximum Gasteiger partial charge on any atom is 0.180 e. The summed E-state index contributed by atoms with van der Waals surface area (Å²) in [5, 5.41) is 0.617. The van der Waals surface area contributed by atoms with Gasteiger partial charge in [0.15, 0.2) is 5.78 Å². The van der Waals surface area contributed by atoms with Crippen LogP contribution in [0.5, 0.6) is 0 Å². The van der Waals surface area contributed by atoms with Gasteiger partial charge in [-0.25, -0.2) is 0 Å². The molecule has 1 atom stereocenters. The molecule has 1 aromatic carbocycles. The van der Waals surface area contributed by atoms with Crippen molar-refractivity contribution in [3.63, 3.8) is 0 Å². The Morgan fingerprint density at radius 2 is 2.18 bits per heavy atom. The number of ketones is 1. The third-order valence-corrected chi connectivity index (χ3v) is 5.55. The molecule has 17 heavy (non-hydrogen) atoms. The second kappa shape index (κ2) is 4.23. The van der Waals surface area contributed by atoms with Crippen LogP contribution in [0.2, 0.25) is 5.02 Å². The fourth-order valence-electron chi connectivity index (χ4n) is 2.13. The van der Waals surface area contributed by atoms with Crippen molar-refractivity contribution in [3.8, 4) is 0 Å². The number of carbonyl (C=O) groups is 1. The van der Waals surface area contributed by atoms with Crippen LogP contribution in [0.4, 0.5) is 0 Å². The van der Waals surface area contributed by atoms with Crippen LogP contribution in [0.1, 0.15) is 26.7 Å². The summed E-state index contributed by atoms with van der Waals surface area (Å²) in [5.74, 6) is 0.203. The molecular weight excluding hydrogens is 320 g/mol. The molecular formula is C13H8BrClOS. The maximum atomic E-state index is 12.3. The highest BCUT2D eigenvalue weighted by atomic mass is 79.9. The van der Waals surface area contributed by atoms with Crippen LogP contribution in [0.15, 0.2) is 34.1 Å². The standard InChI is InChI=1S/C13H8BrClOS/c14-13-10(15)6-11(17-13)12(16)9-5-7-3-1-2-4-8(7)9/h1-4,6,9H,5H2. The number of Topliss-reactive ketones (excluding diaryl/α,β-unsaturated/α-hetero) is 1. The molecule has 1 heterocycles. The summed E-state index contributed by atoms with van der Waals surface area (Å²) < 4.78 is 0.829. The van der Waals surface area contributed by atoms with E-state index in [1.165, 1.54) is 16.9 Å². The molecule has 1 nitrogen and oxygen atoms in total. The summed E-state index contributed by atoms with van der Waals surface area (Å²) in [5.41, 5.74) is 2.45. The Hall–Kier alpha value is -0.640. The predicted molar refractivity (Wildman–Crippen MR) is 74.2 cm³/mol. The second-order valence-electron chi connectivity index (χ2n) is 4.05. The number of hydrogen-bond donors (Lipinski definition) is 0. The summed E-state index contributed by atoms with van der Waals surface area (Å²) in [6.45, 7) is 0. The first-order valence-corrected chi connectivity index (χ1v) is 7.22. The summed E-state index contributed by atoms with van der Waals surface area (Å²) in [7, 11) is 0. The molecule has 1 aliphatic carbocycles. The van der Waals surface area contributed by atoms with E-state index >= 15 is 0 Å². The number of thiophene rings is 1. The van der Waals surface area contributed by atoms with Gasteiger partial charge in [0.25, 0.3) is 0 Å². The average Bonchev–Trinajstić information content (AvgIpc) is 2.61. The molecule has 3 rings (SSSR count). The molecule has 1 unspecified atom stereocenters. The van der Waals surface area contributed by atoms with Crippen LogP contribution >= 0.6 is 38.9 Å². The number of carbonyl (C=O) groups excluding carboxylic acids is 1. The lowest BCUT2D eigenvalue weighted by Crippen LogP contribution is -2.24. The first kappa shape index (κ1) is 11.5. The minimum atomic E-state index is 0.0211. The summed E-state index contributed by atoms with van der Waals surface area (Å²) in [6, 6.07) is 9.86. The molecule has 0 amide bonds. The van der Waals surface area contributed by atoms with Crippen LogP contribution in [-0.4, -0.2) is 5.78 Å². The van der Waals surface area contributed by atoms with Crippen molar-refractivity contribution in [2.75, 3.05) is 0 Å². The molecule has 0 N–H and O–H groups in total. The lowest BCUT2D eigenvalue weighted by atomic mass is 9.75. The average molecular weight is 328 g/mol. The van der Waals surface area contributed by atoms with E-state index in [1.54, 1.807) is 6.07 Å². The third kappa shape index (κ3) is 1.86. The molecule has 0 bridgehead atoms. The van der Waals surface area contributed by atoms with Gasteiger partial charge in [-0.15, -0.1) is 11.3 Å². The van der Waals surface area contributed by atoms with Gasteiger partial charge >= 0.3 is 0 Å². The molecule has 0 radical (unpaired) electrons. The quantitative estimate of drug-likeness (QED) is 0.732. The smallest absolute Gasteiger partial charge is 0.180 e. The van der Waals surface area contributed by atoms with E-state index in [0.29, 0.717) is 5.02 Å². The number of halogens is 2. The highest BCUT2D eigenvalue weighted by Gasteiger charge is 2.33. The Bertz CT molecular complexity index is 586. The van der Waals surface area contributed by atoms with Crippen molar-refractivity contribution in [2.45, 2.75) is 12.3 Å². The topological polar surface area (TPSA) is 17.1 Å². The molecule has 1 aromatic heterocycles. The first-order chi connectivity index (χ1) is 8.16. The van der Waals surface area contributed by atoms with E-state index in [1.807, 2.05) is 18.2 Å². The van der Waals surface area contributed by atoms with Gasteiger partial charge in [0.05, 0.1) is 19.6 Å². The summed E-state index contributed by atoms with van der Waals surface area (Å²) in [6.07, 6.45) is 0.849. The fourth-order valence-corrected chi connectivity index (χ4v) is 3.83. The third-order valence-electron chi connectivity index (χ3n) is 3.06. The Labute approximate surface area is 117 Å². The van der Waals surface area contributed by atoms with Crippen LogP contribution in [0.25, 0.3) is 0 Å². The number of rotatable bonds is 2. The zero-order chi connectivity index (χ0) is 12.0. The van der Waals surface area contributed by atoms with Gasteiger partial charge in [0, 0.05) is 0 Å². The molecule has 4 heteroatoms. The highest BCUT2D eigenvalue weighted by molar-refractivity contribution is 9.11. The van der Waals surface area contributed by atoms with Gasteiger partial charge in [-0.2, -0.15) is 0 Å². The molecule has 0 fully saturated rings. The Morgan fingerprint density at radius 1 is 1.41 bits per heavy atom. The van der Waals surface area contributed by atoms with Crippen molar-refractivity contribution in [1.82, 2.24) is 0 Å². The summed E-state index contributed by atoms with van der Waals surface area (Å²) >= 11 is 10.7. The molecule has 0 saturated heterocycles. The highest BCUT2D eigenvalue weighted by Crippen LogP contribution is 2.40. The van der Waals surface area contributed by atoms with Crippen LogP contribution in [0.3, 0.4) is 0 Å². The number of benzene rings is 1. The van der Waals surface area contributed by atoms with Gasteiger partial charge in [0.2, 0.25) is 0 Å². The van der Waals surface area contributed by atoms with Crippen LogP contribution in [-0.2, 0) is 6.42 Å². The van der Waals surface area contributed by atoms with Crippen molar-refractivity contribution < 1.29 is 4.79 Å². The zero-order valence-corrected chi connectivity index (χ0v) is 11.9. The molecule has 0 aliphatic heterocycles. The Morgan fingerprint density at radius 3 is 2.82 bits per heavy atom. The van der Waals surface area contributed by atoms with E-state index in [-0.39, 0.29) is 11.7 Å². The van der Waals surface area contributed by atoms with E-state index in [9.17, 15) is 4.79 Å². The number of hydrogen-bond acceptors (Lipinski definition) is 2. The zero-order valence-electron chi connectivity index (χ0n) is 8.74. The monoisotopic (exact) mass is 326 g/mol. The Kier molecular flexibility index (Phi) is 2.85. The molecule has 86 valence electrons. The van der Waals surface area contributed by atoms with Crippen LogP contribution in [0, 0.1) is 0 Å². The largest absolute Gasteiger partial charge is 0.293 e. The predicted octanol–water partition coefficient (Wildman–Crippen LogP) is 4.69.